The summed E-state index contributed by atoms with van der Waals surface area (Å²) in [6, 6.07) is 0. The first-order chi connectivity index (χ1) is 9.81. The van der Waals surface area contributed by atoms with Crippen LogP contribution in [0.5, 0.6) is 0 Å². The highest BCUT2D eigenvalue weighted by Gasteiger charge is 2.50. The van der Waals surface area contributed by atoms with E-state index in [0.717, 1.165) is 6.42 Å². The molecule has 20 heavy (non-hydrogen) atoms. The number of rotatable bonds is 0. The van der Waals surface area contributed by atoms with E-state index in [9.17, 15) is 4.79 Å². The minimum Gasteiger partial charge on any atom is -0.357 e. The van der Waals surface area contributed by atoms with E-state index < -0.39 is 0 Å². The third-order valence-corrected chi connectivity index (χ3v) is 5.59. The van der Waals surface area contributed by atoms with Crippen LogP contribution in [0.4, 0.5) is 0 Å². The summed E-state index contributed by atoms with van der Waals surface area (Å²) in [5, 5.41) is 0. The van der Waals surface area contributed by atoms with Crippen LogP contribution in [0.3, 0.4) is 0 Å². The van der Waals surface area contributed by atoms with Gasteiger partial charge in [0.25, 0.3) is 0 Å². The summed E-state index contributed by atoms with van der Waals surface area (Å²) >= 11 is 0. The molecule has 1 spiro atoms. The molecule has 0 N–H and O–H groups in total. The van der Waals surface area contributed by atoms with Crippen molar-refractivity contribution in [3.05, 3.63) is 35.5 Å². The van der Waals surface area contributed by atoms with E-state index in [2.05, 4.69) is 12.2 Å². The third-order valence-electron chi connectivity index (χ3n) is 5.59. The number of ketones is 1. The summed E-state index contributed by atoms with van der Waals surface area (Å²) in [7, 11) is 0. The van der Waals surface area contributed by atoms with Crippen molar-refractivity contribution in [2.75, 3.05) is 0 Å². The minimum atomic E-state index is -0.286. The molecule has 4 aliphatic rings. The van der Waals surface area contributed by atoms with Gasteiger partial charge in [-0.15, -0.1) is 0 Å². The van der Waals surface area contributed by atoms with Crippen molar-refractivity contribution in [1.29, 1.82) is 0 Å². The fourth-order valence-corrected chi connectivity index (χ4v) is 4.60. The first kappa shape index (κ1) is 12.6. The second kappa shape index (κ2) is 4.70. The van der Waals surface area contributed by atoms with Gasteiger partial charge in [0.05, 0.1) is 6.10 Å². The molecule has 0 aromatic heterocycles. The molecule has 0 aromatic rings. The summed E-state index contributed by atoms with van der Waals surface area (Å²) in [6.07, 6.45) is 18.1. The van der Waals surface area contributed by atoms with Crippen molar-refractivity contribution >= 4 is 5.78 Å². The Morgan fingerprint density at radius 3 is 2.60 bits per heavy atom. The second-order valence-corrected chi connectivity index (χ2v) is 6.67. The van der Waals surface area contributed by atoms with Gasteiger partial charge in [0, 0.05) is 5.41 Å². The lowest BCUT2D eigenvalue weighted by atomic mass is 9.63. The smallest absolute Gasteiger partial charge is 0.188 e. The van der Waals surface area contributed by atoms with Crippen LogP contribution in [0.25, 0.3) is 0 Å². The van der Waals surface area contributed by atoms with Crippen LogP contribution >= 0.6 is 0 Å². The summed E-state index contributed by atoms with van der Waals surface area (Å²) in [5.74, 6) is 0.137. The molecule has 2 heteroatoms. The van der Waals surface area contributed by atoms with Crippen molar-refractivity contribution in [1.82, 2.24) is 0 Å². The lowest BCUT2D eigenvalue weighted by Gasteiger charge is -2.48. The van der Waals surface area contributed by atoms with Gasteiger partial charge in [-0.05, 0) is 36.5 Å². The molecule has 2 heterocycles. The highest BCUT2D eigenvalue weighted by atomic mass is 16.5. The number of allylic oxidation sites excluding steroid dienone is 2. The van der Waals surface area contributed by atoms with Crippen molar-refractivity contribution in [3.8, 4) is 0 Å². The van der Waals surface area contributed by atoms with E-state index in [1.165, 1.54) is 56.1 Å². The quantitative estimate of drug-likeness (QED) is 0.667. The lowest BCUT2D eigenvalue weighted by Crippen LogP contribution is -2.49. The number of hydrogen-bond donors (Lipinski definition) is 0. The van der Waals surface area contributed by atoms with Crippen LogP contribution in [0.2, 0.25) is 0 Å². The van der Waals surface area contributed by atoms with Gasteiger partial charge in [0.2, 0.25) is 0 Å². The van der Waals surface area contributed by atoms with Gasteiger partial charge in [-0.3, -0.25) is 4.79 Å². The van der Waals surface area contributed by atoms with Crippen molar-refractivity contribution < 1.29 is 9.53 Å². The van der Waals surface area contributed by atoms with E-state index in [1.807, 2.05) is 6.08 Å². The molecule has 0 saturated heterocycles. The van der Waals surface area contributed by atoms with E-state index in [-0.39, 0.29) is 23.4 Å². The maximum absolute atomic E-state index is 12.1. The van der Waals surface area contributed by atoms with E-state index in [1.54, 1.807) is 6.08 Å². The molecule has 2 nitrogen and oxygen atoms in total. The molecule has 2 atom stereocenters. The maximum Gasteiger partial charge on any atom is 0.188 e. The number of carbonyl (C=O) groups is 1. The Morgan fingerprint density at radius 2 is 1.80 bits per heavy atom. The Morgan fingerprint density at radius 1 is 1.05 bits per heavy atom. The zero-order chi connectivity index (χ0) is 13.6. The molecule has 1 fully saturated rings. The zero-order valence-electron chi connectivity index (χ0n) is 11.9. The average molecular weight is 270 g/mol. The van der Waals surface area contributed by atoms with Gasteiger partial charge in [0.15, 0.2) is 5.78 Å². The first-order valence-corrected chi connectivity index (χ1v) is 8.09. The van der Waals surface area contributed by atoms with Crippen molar-refractivity contribution in [3.63, 3.8) is 0 Å². The Kier molecular flexibility index (Phi) is 2.95. The highest BCUT2D eigenvalue weighted by molar-refractivity contribution is 5.97. The molecule has 2 bridgehead atoms. The van der Waals surface area contributed by atoms with Gasteiger partial charge >= 0.3 is 0 Å². The molecule has 106 valence electrons. The van der Waals surface area contributed by atoms with Gasteiger partial charge < -0.3 is 4.74 Å². The SMILES string of the molecule is O=C1C=C[C@H]2O[C@@H]1C1=C(C=CC1)C21CCCCCCC1. The predicted octanol–water partition coefficient (Wildman–Crippen LogP) is 3.88. The van der Waals surface area contributed by atoms with Gasteiger partial charge in [-0.2, -0.15) is 0 Å². The number of hydrogen-bond acceptors (Lipinski definition) is 2. The maximum atomic E-state index is 12.1. The normalized spacial score (nSPS) is 35.1. The van der Waals surface area contributed by atoms with Crippen LogP contribution in [0.15, 0.2) is 35.5 Å². The molecule has 0 aromatic carbocycles. The summed E-state index contributed by atoms with van der Waals surface area (Å²) in [6.45, 7) is 0. The molecule has 2 aliphatic heterocycles. The zero-order valence-corrected chi connectivity index (χ0v) is 11.9. The van der Waals surface area contributed by atoms with Crippen LogP contribution in [-0.4, -0.2) is 18.0 Å². The fourth-order valence-electron chi connectivity index (χ4n) is 4.60. The molecular formula is C18H22O2. The summed E-state index contributed by atoms with van der Waals surface area (Å²) < 4.78 is 6.20. The van der Waals surface area contributed by atoms with Crippen LogP contribution in [-0.2, 0) is 9.53 Å². The number of ether oxygens (including phenoxy) is 1. The van der Waals surface area contributed by atoms with Crippen LogP contribution in [0, 0.1) is 5.41 Å². The molecule has 0 radical (unpaired) electrons. The summed E-state index contributed by atoms with van der Waals surface area (Å²) in [4.78, 5) is 12.1. The molecule has 0 amide bonds. The predicted molar refractivity (Wildman–Crippen MR) is 78.3 cm³/mol. The van der Waals surface area contributed by atoms with Crippen LogP contribution < -0.4 is 0 Å². The van der Waals surface area contributed by atoms with Gasteiger partial charge in [-0.1, -0.05) is 50.3 Å². The Balaban J connectivity index is 1.80. The Bertz CT molecular complexity index is 516. The van der Waals surface area contributed by atoms with Crippen molar-refractivity contribution in [2.24, 2.45) is 5.41 Å². The standard InChI is InChI=1S/C18H22O2/c19-15-9-10-16-18(11-4-2-1-3-5-12-18)14-8-6-7-13(14)17(15)20-16/h6,8-10,16-17H,1-5,7,11-12H2/t16-,17-/m1/s1. The molecule has 1 saturated carbocycles. The first-order valence-electron chi connectivity index (χ1n) is 8.09. The monoisotopic (exact) mass is 270 g/mol. The Hall–Kier alpha value is -1.15. The number of carbonyl (C=O) groups excluding carboxylic acids is 1. The highest BCUT2D eigenvalue weighted by Crippen LogP contribution is 2.53. The third kappa shape index (κ3) is 1.70. The van der Waals surface area contributed by atoms with Gasteiger partial charge in [-0.25, -0.2) is 0 Å². The molecule has 2 aliphatic carbocycles. The fraction of sp³-hybridized carbons (Fsp3) is 0.611. The topological polar surface area (TPSA) is 26.3 Å². The molecule has 4 rings (SSSR count). The Labute approximate surface area is 120 Å². The largest absolute Gasteiger partial charge is 0.357 e. The lowest BCUT2D eigenvalue weighted by molar-refractivity contribution is -0.134. The minimum absolute atomic E-state index is 0.116. The second-order valence-electron chi connectivity index (χ2n) is 6.67. The van der Waals surface area contributed by atoms with Gasteiger partial charge in [0.1, 0.15) is 6.10 Å². The average Bonchev–Trinajstić information content (AvgIpc) is 2.90. The van der Waals surface area contributed by atoms with E-state index >= 15 is 0 Å². The van der Waals surface area contributed by atoms with Crippen molar-refractivity contribution in [2.45, 2.75) is 63.6 Å². The molecular weight excluding hydrogens is 248 g/mol. The van der Waals surface area contributed by atoms with Crippen LogP contribution in [0.1, 0.15) is 51.4 Å². The van der Waals surface area contributed by atoms with E-state index in [4.69, 9.17) is 4.74 Å². The molecule has 0 unspecified atom stereocenters. The van der Waals surface area contributed by atoms with E-state index in [0.29, 0.717) is 0 Å². The number of fused-ring (bicyclic) bond motifs is 5. The summed E-state index contributed by atoms with van der Waals surface area (Å²) in [5.41, 5.74) is 2.87.